The third-order valence-electron chi connectivity index (χ3n) is 5.64. The minimum Gasteiger partial charge on any atom is -0.496 e. The lowest BCUT2D eigenvalue weighted by atomic mass is 10.1. The molecule has 4 rings (SSSR count). The summed E-state index contributed by atoms with van der Waals surface area (Å²) in [5.74, 6) is 0.611. The highest BCUT2D eigenvalue weighted by molar-refractivity contribution is 5.88. The van der Waals surface area contributed by atoms with Crippen LogP contribution in [0, 0.1) is 11.3 Å². The summed E-state index contributed by atoms with van der Waals surface area (Å²) in [6.07, 6.45) is 1.65. The molecular formula is C21H24FN5O2. The van der Waals surface area contributed by atoms with Crippen LogP contribution in [0.4, 0.5) is 10.1 Å². The topological polar surface area (TPSA) is 81.5 Å². The number of methoxy groups -OCH3 is 1. The minimum absolute atomic E-state index is 0.0273. The first-order chi connectivity index (χ1) is 14.1. The van der Waals surface area contributed by atoms with Crippen molar-refractivity contribution in [2.24, 2.45) is 0 Å². The van der Waals surface area contributed by atoms with E-state index in [1.165, 1.54) is 4.90 Å². The molecule has 8 heteroatoms. The molecule has 1 N–H and O–H groups in total. The second-order valence-corrected chi connectivity index (χ2v) is 7.63. The number of carbonyl (C=O) groups excluding carboxylic acids is 1. The maximum absolute atomic E-state index is 13.6. The molecule has 0 spiro atoms. The van der Waals surface area contributed by atoms with Crippen molar-refractivity contribution in [1.29, 1.82) is 5.26 Å². The Labute approximate surface area is 169 Å². The van der Waals surface area contributed by atoms with Gasteiger partial charge in [0.2, 0.25) is 5.91 Å². The number of alkyl halides is 1. The van der Waals surface area contributed by atoms with Crippen LogP contribution in [0.1, 0.15) is 12.8 Å². The molecule has 2 saturated heterocycles. The number of benzene rings is 1. The normalized spacial score (nSPS) is 24.6. The lowest BCUT2D eigenvalue weighted by molar-refractivity contribution is -0.132. The van der Waals surface area contributed by atoms with Gasteiger partial charge in [-0.1, -0.05) is 0 Å². The van der Waals surface area contributed by atoms with Gasteiger partial charge in [0.1, 0.15) is 18.0 Å². The predicted molar refractivity (Wildman–Crippen MR) is 107 cm³/mol. The van der Waals surface area contributed by atoms with Gasteiger partial charge >= 0.3 is 0 Å². The average Bonchev–Trinajstić information content (AvgIpc) is 3.33. The van der Waals surface area contributed by atoms with Crippen LogP contribution in [0.15, 0.2) is 30.5 Å². The van der Waals surface area contributed by atoms with Crippen molar-refractivity contribution in [3.05, 3.63) is 30.5 Å². The van der Waals surface area contributed by atoms with Gasteiger partial charge in [-0.3, -0.25) is 14.7 Å². The van der Waals surface area contributed by atoms with Crippen molar-refractivity contribution in [3.8, 4) is 11.8 Å². The van der Waals surface area contributed by atoms with Crippen LogP contribution >= 0.6 is 0 Å². The average molecular weight is 397 g/mol. The highest BCUT2D eigenvalue weighted by Gasteiger charge is 2.36. The van der Waals surface area contributed by atoms with Crippen molar-refractivity contribution in [3.63, 3.8) is 0 Å². The number of likely N-dealkylation sites (tertiary alicyclic amines) is 2. The smallest absolute Gasteiger partial charge is 0.237 e. The monoisotopic (exact) mass is 397 g/mol. The van der Waals surface area contributed by atoms with Crippen molar-refractivity contribution in [2.75, 3.05) is 38.6 Å². The van der Waals surface area contributed by atoms with Crippen LogP contribution in [0.3, 0.4) is 0 Å². The Bertz CT molecular complexity index is 946. The first kappa shape index (κ1) is 19.4. The highest BCUT2D eigenvalue weighted by atomic mass is 19.1. The van der Waals surface area contributed by atoms with E-state index in [-0.39, 0.29) is 31.5 Å². The van der Waals surface area contributed by atoms with Crippen molar-refractivity contribution >= 4 is 22.5 Å². The summed E-state index contributed by atoms with van der Waals surface area (Å²) in [4.78, 5) is 20.3. The summed E-state index contributed by atoms with van der Waals surface area (Å²) in [5.41, 5.74) is 1.85. The summed E-state index contributed by atoms with van der Waals surface area (Å²) in [6.45, 7) is 1.75. The van der Waals surface area contributed by atoms with E-state index in [0.29, 0.717) is 0 Å². The zero-order valence-electron chi connectivity index (χ0n) is 16.3. The number of nitrogens with one attached hydrogen (secondary N) is 1. The van der Waals surface area contributed by atoms with Crippen LogP contribution in [0.25, 0.3) is 10.9 Å². The molecule has 7 nitrogen and oxygen atoms in total. The van der Waals surface area contributed by atoms with E-state index >= 15 is 0 Å². The van der Waals surface area contributed by atoms with Gasteiger partial charge in [-0.15, -0.1) is 0 Å². The van der Waals surface area contributed by atoms with Crippen LogP contribution in [-0.4, -0.2) is 72.2 Å². The minimum atomic E-state index is -1.10. The van der Waals surface area contributed by atoms with Gasteiger partial charge in [-0.05, 0) is 30.7 Å². The number of hydrogen-bond acceptors (Lipinski definition) is 6. The van der Waals surface area contributed by atoms with E-state index in [1.807, 2.05) is 30.3 Å². The van der Waals surface area contributed by atoms with Gasteiger partial charge in [0, 0.05) is 42.8 Å². The quantitative estimate of drug-likeness (QED) is 0.833. The molecule has 3 atom stereocenters. The van der Waals surface area contributed by atoms with Gasteiger partial charge in [-0.25, -0.2) is 4.39 Å². The Morgan fingerprint density at radius 2 is 2.28 bits per heavy atom. The van der Waals surface area contributed by atoms with Crippen molar-refractivity contribution in [2.45, 2.75) is 31.1 Å². The molecule has 152 valence electrons. The largest absolute Gasteiger partial charge is 0.496 e. The number of fused-ring (bicyclic) bond motifs is 1. The van der Waals surface area contributed by atoms with Crippen LogP contribution in [-0.2, 0) is 4.79 Å². The number of aromatic nitrogens is 1. The molecule has 0 radical (unpaired) electrons. The summed E-state index contributed by atoms with van der Waals surface area (Å²) in [6, 6.07) is 9.41. The third-order valence-corrected chi connectivity index (χ3v) is 5.64. The van der Waals surface area contributed by atoms with Gasteiger partial charge in [0.05, 0.1) is 31.8 Å². The maximum Gasteiger partial charge on any atom is 0.237 e. The number of pyridine rings is 1. The second kappa shape index (κ2) is 8.21. The Balaban J connectivity index is 1.36. The highest BCUT2D eigenvalue weighted by Crippen LogP contribution is 2.27. The molecule has 3 heterocycles. The zero-order chi connectivity index (χ0) is 20.4. The molecule has 1 amide bonds. The van der Waals surface area contributed by atoms with Crippen molar-refractivity contribution < 1.29 is 13.9 Å². The first-order valence-corrected chi connectivity index (χ1v) is 9.82. The van der Waals surface area contributed by atoms with E-state index in [1.54, 1.807) is 13.3 Å². The number of carbonyl (C=O) groups is 1. The fourth-order valence-corrected chi connectivity index (χ4v) is 4.18. The molecule has 29 heavy (non-hydrogen) atoms. The van der Waals surface area contributed by atoms with Crippen LogP contribution in [0.2, 0.25) is 0 Å². The molecule has 2 aliphatic heterocycles. The molecule has 0 saturated carbocycles. The number of amides is 1. The van der Waals surface area contributed by atoms with Gasteiger partial charge in [0.15, 0.2) is 0 Å². The second-order valence-electron chi connectivity index (χ2n) is 7.63. The summed E-state index contributed by atoms with van der Waals surface area (Å²) < 4.78 is 19.0. The van der Waals surface area contributed by atoms with E-state index in [4.69, 9.17) is 10.00 Å². The van der Waals surface area contributed by atoms with E-state index < -0.39 is 12.2 Å². The van der Waals surface area contributed by atoms with E-state index in [2.05, 4.69) is 15.2 Å². The van der Waals surface area contributed by atoms with Gasteiger partial charge in [-0.2, -0.15) is 5.26 Å². The van der Waals surface area contributed by atoms with E-state index in [9.17, 15) is 9.18 Å². The summed E-state index contributed by atoms with van der Waals surface area (Å²) in [7, 11) is 1.64. The molecule has 1 aromatic carbocycles. The zero-order valence-corrected chi connectivity index (χ0v) is 16.3. The Morgan fingerprint density at radius 3 is 3.07 bits per heavy atom. The standard InChI is InChI=1S/C21H24FN5O2/c1-29-20-4-6-24-19-3-2-15(9-18(19)20)25-16-5-7-26(12-16)13-21(28)27-11-14(22)8-17(27)10-23/h2-4,6,9,14,16-17,25H,5,7-8,11-13H2,1H3/t14-,16+,17-/m0/s1. The number of nitrogens with zero attached hydrogens (tertiary/aromatic N) is 4. The summed E-state index contributed by atoms with van der Waals surface area (Å²) in [5, 5.41) is 13.6. The number of nitriles is 1. The molecule has 2 fully saturated rings. The third kappa shape index (κ3) is 4.10. The molecule has 0 aliphatic carbocycles. The lowest BCUT2D eigenvalue weighted by Crippen LogP contribution is -2.42. The Hall–Kier alpha value is -2.92. The first-order valence-electron chi connectivity index (χ1n) is 9.82. The number of ether oxygens (including phenoxy) is 1. The lowest BCUT2D eigenvalue weighted by Gasteiger charge is -2.23. The molecular weight excluding hydrogens is 373 g/mol. The van der Waals surface area contributed by atoms with Gasteiger partial charge in [0.25, 0.3) is 0 Å². The van der Waals surface area contributed by atoms with E-state index in [0.717, 1.165) is 41.9 Å². The van der Waals surface area contributed by atoms with Gasteiger partial charge < -0.3 is 15.0 Å². The predicted octanol–water partition coefficient (Wildman–Crippen LogP) is 2.19. The Morgan fingerprint density at radius 1 is 1.41 bits per heavy atom. The van der Waals surface area contributed by atoms with Crippen LogP contribution < -0.4 is 10.1 Å². The maximum atomic E-state index is 13.6. The number of halogens is 1. The number of hydrogen-bond donors (Lipinski definition) is 1. The van der Waals surface area contributed by atoms with Crippen molar-refractivity contribution in [1.82, 2.24) is 14.8 Å². The molecule has 0 bridgehead atoms. The van der Waals surface area contributed by atoms with Crippen LogP contribution in [0.5, 0.6) is 5.75 Å². The SMILES string of the molecule is COc1ccnc2ccc(N[C@@H]3CCN(CC(=O)N4C[C@@H](F)C[C@H]4C#N)C3)cc12. The fraction of sp³-hybridized carbons (Fsp3) is 0.476. The molecule has 0 unspecified atom stereocenters. The number of anilines is 1. The summed E-state index contributed by atoms with van der Waals surface area (Å²) >= 11 is 0. The molecule has 1 aromatic heterocycles. The number of rotatable bonds is 5. The molecule has 2 aromatic rings. The fourth-order valence-electron chi connectivity index (χ4n) is 4.18. The molecule has 2 aliphatic rings. The Kier molecular flexibility index (Phi) is 5.49.